The first-order valence-corrected chi connectivity index (χ1v) is 23.3. The van der Waals surface area contributed by atoms with E-state index in [1.807, 2.05) is 158 Å². The summed E-state index contributed by atoms with van der Waals surface area (Å²) in [6.45, 7) is 3.90. The van der Waals surface area contributed by atoms with Crippen LogP contribution in [0.5, 0.6) is 11.5 Å². The molecule has 0 amide bonds. The lowest BCUT2D eigenvalue weighted by molar-refractivity contribution is 0.0516. The summed E-state index contributed by atoms with van der Waals surface area (Å²) in [5.74, 6) is -0.857. The minimum atomic E-state index is -1.33. The predicted octanol–water partition coefficient (Wildman–Crippen LogP) is 14.7. The highest BCUT2D eigenvalue weighted by atomic mass is 19.1. The fourth-order valence-corrected chi connectivity index (χ4v) is 10.1. The first kappa shape index (κ1) is 43.9. The molecule has 2 atom stereocenters. The summed E-state index contributed by atoms with van der Waals surface area (Å²) in [6.07, 6.45) is 7.61. The first-order chi connectivity index (χ1) is 34.2. The molecule has 0 saturated carbocycles. The smallest absolute Gasteiger partial charge is 0.339 e. The Morgan fingerprint density at radius 2 is 0.743 bits per heavy atom. The monoisotopic (exact) mass is 922 g/mol. The maximum Gasteiger partial charge on any atom is 0.339 e. The number of hydrogen-bond donors (Lipinski definition) is 0. The van der Waals surface area contributed by atoms with Gasteiger partial charge < -0.3 is 18.9 Å². The van der Waals surface area contributed by atoms with E-state index < -0.39 is 34.8 Å². The molecule has 8 heteroatoms. The van der Waals surface area contributed by atoms with Crippen LogP contribution < -0.4 is 9.47 Å². The van der Waals surface area contributed by atoms with Crippen LogP contribution >= 0.6 is 0 Å². The minimum Gasteiger partial charge on any atom is -0.472 e. The summed E-state index contributed by atoms with van der Waals surface area (Å²) in [5.41, 5.74) is 5.02. The second-order valence-corrected chi connectivity index (χ2v) is 17.2. The molecule has 0 saturated heterocycles. The number of esters is 2. The lowest BCUT2D eigenvalue weighted by atomic mass is 9.78. The highest BCUT2D eigenvalue weighted by Gasteiger charge is 2.43. The quantitative estimate of drug-likeness (QED) is 0.127. The van der Waals surface area contributed by atoms with E-state index in [1.165, 1.54) is 24.3 Å². The molecule has 0 radical (unpaired) electrons. The number of ether oxygens (including phenoxy) is 4. The highest BCUT2D eigenvalue weighted by molar-refractivity contribution is 6.15. The SMILES string of the molecule is CCOC(=O)c1c2c(c3ccccc3c1-c1ccccc1)OC(c1ccc(F)cc1)(c1ccc(C3(c4ccc(F)cc4)C=Cc4c(C(=O)OCC)c(-c5ccccc5)c5ccccc5c4O3)cc1)C=C2. The van der Waals surface area contributed by atoms with E-state index in [-0.39, 0.29) is 13.2 Å². The zero-order valence-corrected chi connectivity index (χ0v) is 38.2. The molecule has 342 valence electrons. The van der Waals surface area contributed by atoms with Crippen molar-refractivity contribution in [3.05, 3.63) is 250 Å². The van der Waals surface area contributed by atoms with Crippen LogP contribution in [0.25, 0.3) is 56.0 Å². The van der Waals surface area contributed by atoms with Crippen molar-refractivity contribution in [2.24, 2.45) is 0 Å². The Morgan fingerprint density at radius 1 is 0.429 bits per heavy atom. The molecule has 2 aliphatic heterocycles. The van der Waals surface area contributed by atoms with E-state index in [4.69, 9.17) is 18.9 Å². The van der Waals surface area contributed by atoms with Crippen molar-refractivity contribution in [1.29, 1.82) is 0 Å². The van der Waals surface area contributed by atoms with Gasteiger partial charge in [-0.25, -0.2) is 18.4 Å². The lowest BCUT2D eigenvalue weighted by Crippen LogP contribution is -2.36. The Hall–Kier alpha value is -8.62. The van der Waals surface area contributed by atoms with Crippen molar-refractivity contribution in [3.8, 4) is 33.8 Å². The average Bonchev–Trinajstić information content (AvgIpc) is 3.41. The van der Waals surface area contributed by atoms with Crippen LogP contribution in [0.1, 0.15) is 67.9 Å². The van der Waals surface area contributed by atoms with Gasteiger partial charge >= 0.3 is 11.9 Å². The molecular formula is C62H44F2O6. The third kappa shape index (κ3) is 7.22. The molecule has 11 rings (SSSR count). The number of carbonyl (C=O) groups is 2. The van der Waals surface area contributed by atoms with Gasteiger partial charge in [-0.2, -0.15) is 0 Å². The summed E-state index contributed by atoms with van der Waals surface area (Å²) < 4.78 is 55.7. The number of benzene rings is 9. The summed E-state index contributed by atoms with van der Waals surface area (Å²) in [5, 5.41) is 3.14. The number of carbonyl (C=O) groups excluding carboxylic acids is 2. The third-order valence-electron chi connectivity index (χ3n) is 13.3. The van der Waals surface area contributed by atoms with Gasteiger partial charge in [0.2, 0.25) is 0 Å². The van der Waals surface area contributed by atoms with E-state index in [0.29, 0.717) is 56.0 Å². The van der Waals surface area contributed by atoms with Gasteiger partial charge in [0.05, 0.1) is 24.3 Å². The molecular weight excluding hydrogens is 879 g/mol. The molecule has 2 unspecified atom stereocenters. The van der Waals surface area contributed by atoms with Crippen LogP contribution in [0.2, 0.25) is 0 Å². The maximum atomic E-state index is 14.8. The van der Waals surface area contributed by atoms with Crippen molar-refractivity contribution in [3.63, 3.8) is 0 Å². The van der Waals surface area contributed by atoms with E-state index in [2.05, 4.69) is 0 Å². The minimum absolute atomic E-state index is 0.173. The van der Waals surface area contributed by atoms with Crippen molar-refractivity contribution in [2.75, 3.05) is 13.2 Å². The van der Waals surface area contributed by atoms with Gasteiger partial charge in [-0.1, -0.05) is 158 Å². The van der Waals surface area contributed by atoms with Crippen molar-refractivity contribution in [2.45, 2.75) is 25.0 Å². The Kier molecular flexibility index (Phi) is 11.2. The molecule has 0 spiro atoms. The fourth-order valence-electron chi connectivity index (χ4n) is 10.1. The Labute approximate surface area is 403 Å². The normalized spacial score (nSPS) is 16.7. The number of hydrogen-bond acceptors (Lipinski definition) is 6. The van der Waals surface area contributed by atoms with Gasteiger partial charge in [-0.15, -0.1) is 0 Å². The number of halogens is 2. The van der Waals surface area contributed by atoms with E-state index in [1.54, 1.807) is 38.1 Å². The van der Waals surface area contributed by atoms with Crippen LogP contribution in [0.3, 0.4) is 0 Å². The predicted molar refractivity (Wildman–Crippen MR) is 271 cm³/mol. The second-order valence-electron chi connectivity index (χ2n) is 17.2. The zero-order chi connectivity index (χ0) is 48.0. The van der Waals surface area contributed by atoms with Gasteiger partial charge in [-0.05, 0) is 84.3 Å². The van der Waals surface area contributed by atoms with Crippen LogP contribution in [0.15, 0.2) is 194 Å². The number of fused-ring (bicyclic) bond motifs is 6. The molecule has 0 bridgehead atoms. The molecule has 2 aliphatic rings. The standard InChI is InChI=1S/C62H44F2O6/c1-3-67-59(65)55-51-35-37-61(43-27-31-45(63)32-28-43,69-57(51)49-21-13-11-19-47(49)53(55)39-15-7-5-8-16-39)41-23-25-42(26-24-41)62(44-29-33-46(64)34-30-44)38-36-52-56(60(66)68-4-2)54(40-17-9-6-10-18-40)48-20-12-14-22-50(48)58(52)70-62/h5-38H,3-4H2,1-2H3. The van der Waals surface area contributed by atoms with Crippen molar-refractivity contribution < 1.29 is 37.3 Å². The number of rotatable bonds is 10. The Morgan fingerprint density at radius 3 is 1.09 bits per heavy atom. The summed E-state index contributed by atoms with van der Waals surface area (Å²) >= 11 is 0. The molecule has 9 aromatic rings. The Bertz CT molecular complexity index is 3310. The molecule has 2 heterocycles. The molecule has 0 aliphatic carbocycles. The van der Waals surface area contributed by atoms with Crippen LogP contribution in [0, 0.1) is 11.6 Å². The topological polar surface area (TPSA) is 71.1 Å². The zero-order valence-electron chi connectivity index (χ0n) is 38.2. The summed E-state index contributed by atoms with van der Waals surface area (Å²) in [7, 11) is 0. The van der Waals surface area contributed by atoms with Crippen LogP contribution in [0.4, 0.5) is 8.78 Å². The highest BCUT2D eigenvalue weighted by Crippen LogP contribution is 2.52. The maximum absolute atomic E-state index is 14.8. The van der Waals surface area contributed by atoms with E-state index >= 15 is 0 Å². The lowest BCUT2D eigenvalue weighted by Gasteiger charge is -2.39. The van der Waals surface area contributed by atoms with Crippen molar-refractivity contribution in [1.82, 2.24) is 0 Å². The van der Waals surface area contributed by atoms with E-state index in [0.717, 1.165) is 43.8 Å². The van der Waals surface area contributed by atoms with Gasteiger partial charge in [0.15, 0.2) is 11.2 Å². The van der Waals surface area contributed by atoms with Crippen LogP contribution in [-0.4, -0.2) is 25.2 Å². The largest absolute Gasteiger partial charge is 0.472 e. The molecule has 9 aromatic carbocycles. The molecule has 0 N–H and O–H groups in total. The van der Waals surface area contributed by atoms with Crippen LogP contribution in [-0.2, 0) is 20.7 Å². The van der Waals surface area contributed by atoms with Gasteiger partial charge in [-0.3, -0.25) is 0 Å². The first-order valence-electron chi connectivity index (χ1n) is 23.3. The summed E-state index contributed by atoms with van der Waals surface area (Å²) in [6, 6.07) is 55.3. The molecule has 0 aromatic heterocycles. The summed E-state index contributed by atoms with van der Waals surface area (Å²) in [4.78, 5) is 28.3. The fraction of sp³-hybridized carbons (Fsp3) is 0.0968. The van der Waals surface area contributed by atoms with Gasteiger partial charge in [0.25, 0.3) is 0 Å². The third-order valence-corrected chi connectivity index (χ3v) is 13.3. The second kappa shape index (κ2) is 17.8. The Balaban J connectivity index is 1.11. The molecule has 70 heavy (non-hydrogen) atoms. The van der Waals surface area contributed by atoms with E-state index in [9.17, 15) is 18.4 Å². The van der Waals surface area contributed by atoms with Crippen molar-refractivity contribution >= 4 is 45.6 Å². The average molecular weight is 923 g/mol. The molecule has 0 fully saturated rings. The molecule has 6 nitrogen and oxygen atoms in total. The van der Waals surface area contributed by atoms with Gasteiger partial charge in [0, 0.05) is 55.3 Å². The van der Waals surface area contributed by atoms with Gasteiger partial charge in [0.1, 0.15) is 23.1 Å².